The molecule has 2 aliphatic heterocycles. The quantitative estimate of drug-likeness (QED) is 0.862. The number of rotatable bonds is 2. The number of fused-ring (bicyclic) bond motifs is 6. The van der Waals surface area contributed by atoms with E-state index in [2.05, 4.69) is 25.8 Å². The zero-order valence-corrected chi connectivity index (χ0v) is 16.7. The van der Waals surface area contributed by atoms with Gasteiger partial charge in [0.05, 0.1) is 17.0 Å². The van der Waals surface area contributed by atoms with Gasteiger partial charge >= 0.3 is 0 Å². The summed E-state index contributed by atoms with van der Waals surface area (Å²) >= 11 is 0. The van der Waals surface area contributed by atoms with Gasteiger partial charge in [-0.05, 0) is 45.6 Å². The average Bonchev–Trinajstić information content (AvgIpc) is 2.58. The van der Waals surface area contributed by atoms with E-state index in [4.69, 9.17) is 9.47 Å². The molecule has 0 saturated heterocycles. The predicted octanol–water partition coefficient (Wildman–Crippen LogP) is 4.18. The molecule has 5 heteroatoms. The first kappa shape index (κ1) is 18.1. The first-order chi connectivity index (χ1) is 12.7. The summed E-state index contributed by atoms with van der Waals surface area (Å²) in [4.78, 5) is 28.5. The molecule has 0 aliphatic carbocycles. The average molecular weight is 369 g/mol. The maximum absolute atomic E-state index is 13.2. The van der Waals surface area contributed by atoms with Crippen LogP contribution in [0.5, 0.6) is 11.5 Å². The van der Waals surface area contributed by atoms with Gasteiger partial charge in [-0.15, -0.1) is 0 Å². The van der Waals surface area contributed by atoms with Gasteiger partial charge in [0.1, 0.15) is 23.2 Å². The molecule has 2 aliphatic rings. The molecule has 0 spiro atoms. The number of hydrogen-bond acceptors (Lipinski definition) is 4. The zero-order valence-electron chi connectivity index (χ0n) is 16.7. The predicted molar refractivity (Wildman–Crippen MR) is 105 cm³/mol. The third kappa shape index (κ3) is 2.75. The molecule has 0 bridgehead atoms. The van der Waals surface area contributed by atoms with Gasteiger partial charge < -0.3 is 14.5 Å². The third-order valence-corrected chi connectivity index (χ3v) is 5.92. The molecule has 1 N–H and O–H groups in total. The molecule has 4 rings (SSSR count). The summed E-state index contributed by atoms with van der Waals surface area (Å²) in [6.45, 7) is 10.0. The number of benzene rings is 1. The van der Waals surface area contributed by atoms with E-state index in [0.717, 1.165) is 47.9 Å². The van der Waals surface area contributed by atoms with Crippen LogP contribution in [0.25, 0.3) is 10.9 Å². The van der Waals surface area contributed by atoms with Crippen molar-refractivity contribution in [3.8, 4) is 11.5 Å². The van der Waals surface area contributed by atoms with E-state index < -0.39 is 0 Å². The summed E-state index contributed by atoms with van der Waals surface area (Å²) in [5, 5.41) is 0.872. The Morgan fingerprint density at radius 3 is 2.67 bits per heavy atom. The number of pyridine rings is 1. The molecule has 2 atom stereocenters. The fourth-order valence-electron chi connectivity index (χ4n) is 4.23. The van der Waals surface area contributed by atoms with E-state index in [1.54, 1.807) is 6.07 Å². The molecule has 144 valence electrons. The van der Waals surface area contributed by atoms with Crippen molar-refractivity contribution >= 4 is 16.7 Å². The zero-order chi connectivity index (χ0) is 19.5. The van der Waals surface area contributed by atoms with Crippen LogP contribution in [0.1, 0.15) is 68.9 Å². The monoisotopic (exact) mass is 369 g/mol. The van der Waals surface area contributed by atoms with Crippen molar-refractivity contribution in [2.75, 3.05) is 0 Å². The Hall–Kier alpha value is -2.30. The number of ketones is 1. The lowest BCUT2D eigenvalue weighted by Crippen LogP contribution is -2.37. The maximum atomic E-state index is 13.2. The number of aromatic amines is 1. The number of Topliss-reactive ketones (excluding diaryl/α,β-unsaturated/α-hetero) is 1. The topological polar surface area (TPSA) is 68.4 Å². The van der Waals surface area contributed by atoms with Gasteiger partial charge in [0.2, 0.25) is 5.56 Å². The fourth-order valence-corrected chi connectivity index (χ4v) is 4.23. The molecule has 1 aromatic carbocycles. The number of carbonyl (C=O) groups excluding carboxylic acids is 1. The number of carbonyl (C=O) groups is 1. The summed E-state index contributed by atoms with van der Waals surface area (Å²) < 4.78 is 12.6. The summed E-state index contributed by atoms with van der Waals surface area (Å²) in [7, 11) is 0. The van der Waals surface area contributed by atoms with Crippen molar-refractivity contribution < 1.29 is 14.3 Å². The van der Waals surface area contributed by atoms with E-state index >= 15 is 0 Å². The Bertz CT molecular complexity index is 1000. The molecule has 3 heterocycles. The van der Waals surface area contributed by atoms with Crippen LogP contribution in [0.2, 0.25) is 0 Å². The minimum absolute atomic E-state index is 0.0330. The summed E-state index contributed by atoms with van der Waals surface area (Å²) in [5.74, 6) is 1.16. The van der Waals surface area contributed by atoms with Crippen LogP contribution in [-0.2, 0) is 12.8 Å². The third-order valence-electron chi connectivity index (χ3n) is 5.92. The maximum Gasteiger partial charge on any atom is 0.248 e. The van der Waals surface area contributed by atoms with Crippen molar-refractivity contribution in [2.45, 2.75) is 72.0 Å². The van der Waals surface area contributed by atoms with Crippen LogP contribution in [0.15, 0.2) is 10.9 Å². The lowest BCUT2D eigenvalue weighted by molar-refractivity contribution is 0.0693. The second-order valence-electron chi connectivity index (χ2n) is 8.51. The largest absolute Gasteiger partial charge is 0.489 e. The molecule has 0 saturated carbocycles. The van der Waals surface area contributed by atoms with E-state index in [9.17, 15) is 9.59 Å². The Labute approximate surface area is 159 Å². The highest BCUT2D eigenvalue weighted by atomic mass is 16.5. The fraction of sp³-hybridized carbons (Fsp3) is 0.545. The van der Waals surface area contributed by atoms with Gasteiger partial charge in [-0.2, -0.15) is 0 Å². The molecule has 0 radical (unpaired) electrons. The number of H-pyrrole nitrogens is 1. The molecule has 2 aromatic rings. The molecule has 0 amide bonds. The Morgan fingerprint density at radius 2 is 1.96 bits per heavy atom. The molecule has 27 heavy (non-hydrogen) atoms. The SMILES string of the molecule is CCCc1cc(=O)[nH]c2c3c(c4c(c12)OC(C)(C)CC4)O[C@H](C)[C@H](C)C3=O. The number of aryl methyl sites for hydroxylation is 1. The second kappa shape index (κ2) is 6.11. The van der Waals surface area contributed by atoms with Gasteiger partial charge in [0.15, 0.2) is 5.78 Å². The van der Waals surface area contributed by atoms with Crippen molar-refractivity contribution in [2.24, 2.45) is 5.92 Å². The highest BCUT2D eigenvalue weighted by Crippen LogP contribution is 2.49. The summed E-state index contributed by atoms with van der Waals surface area (Å²) in [6, 6.07) is 1.64. The molecule has 0 fully saturated rings. The molecular weight excluding hydrogens is 342 g/mol. The molecule has 1 aromatic heterocycles. The summed E-state index contributed by atoms with van der Waals surface area (Å²) in [6.07, 6.45) is 3.11. The summed E-state index contributed by atoms with van der Waals surface area (Å²) in [5.41, 5.74) is 2.50. The van der Waals surface area contributed by atoms with E-state index in [1.807, 2.05) is 13.8 Å². The highest BCUT2D eigenvalue weighted by molar-refractivity contribution is 6.13. The van der Waals surface area contributed by atoms with Crippen molar-refractivity contribution in [1.29, 1.82) is 0 Å². The molecule has 0 unspecified atom stereocenters. The van der Waals surface area contributed by atoms with Crippen molar-refractivity contribution in [1.82, 2.24) is 4.98 Å². The van der Waals surface area contributed by atoms with E-state index in [0.29, 0.717) is 16.8 Å². The van der Waals surface area contributed by atoms with Gasteiger partial charge in [-0.1, -0.05) is 20.3 Å². The van der Waals surface area contributed by atoms with Crippen molar-refractivity contribution in [3.63, 3.8) is 0 Å². The highest BCUT2D eigenvalue weighted by Gasteiger charge is 2.40. The Balaban J connectivity index is 2.15. The van der Waals surface area contributed by atoms with Crippen LogP contribution >= 0.6 is 0 Å². The lowest BCUT2D eigenvalue weighted by atomic mass is 9.83. The van der Waals surface area contributed by atoms with Crippen LogP contribution < -0.4 is 15.0 Å². The van der Waals surface area contributed by atoms with Crippen LogP contribution in [0.4, 0.5) is 0 Å². The van der Waals surface area contributed by atoms with Crippen LogP contribution in [0.3, 0.4) is 0 Å². The number of ether oxygens (including phenoxy) is 2. The van der Waals surface area contributed by atoms with Gasteiger partial charge in [0.25, 0.3) is 0 Å². The minimum Gasteiger partial charge on any atom is -0.489 e. The van der Waals surface area contributed by atoms with Crippen LogP contribution in [0, 0.1) is 5.92 Å². The number of nitrogens with one attached hydrogen (secondary N) is 1. The first-order valence-electron chi connectivity index (χ1n) is 9.88. The first-order valence-corrected chi connectivity index (χ1v) is 9.88. The lowest BCUT2D eigenvalue weighted by Gasteiger charge is -2.38. The van der Waals surface area contributed by atoms with E-state index in [-0.39, 0.29) is 29.0 Å². The number of aromatic nitrogens is 1. The Morgan fingerprint density at radius 1 is 1.22 bits per heavy atom. The normalized spacial score (nSPS) is 23.4. The van der Waals surface area contributed by atoms with Crippen LogP contribution in [-0.4, -0.2) is 22.5 Å². The molecular formula is C22H27NO4. The smallest absolute Gasteiger partial charge is 0.248 e. The van der Waals surface area contributed by atoms with Gasteiger partial charge in [-0.25, -0.2) is 0 Å². The van der Waals surface area contributed by atoms with E-state index in [1.165, 1.54) is 0 Å². The molecule has 5 nitrogen and oxygen atoms in total. The Kier molecular flexibility index (Phi) is 4.09. The van der Waals surface area contributed by atoms with Crippen molar-refractivity contribution in [3.05, 3.63) is 33.1 Å². The van der Waals surface area contributed by atoms with Gasteiger partial charge in [0, 0.05) is 17.0 Å². The second-order valence-corrected chi connectivity index (χ2v) is 8.51. The minimum atomic E-state index is -0.300. The number of hydrogen-bond donors (Lipinski definition) is 1. The standard InChI is InChI=1S/C22H27NO4/c1-6-7-13-10-15(24)23-18-16(13)21-14(8-9-22(4,5)27-21)20-17(18)19(25)11(2)12(3)26-20/h10-12H,6-9H2,1-5H3,(H,23,24)/t11-,12+/m0/s1. The van der Waals surface area contributed by atoms with Gasteiger partial charge in [-0.3, -0.25) is 9.59 Å².